The molecule has 0 N–H and O–H groups in total. The predicted molar refractivity (Wildman–Crippen MR) is 68.1 cm³/mol. The van der Waals surface area contributed by atoms with Gasteiger partial charge in [0.15, 0.2) is 0 Å². The van der Waals surface area contributed by atoms with Crippen LogP contribution in [0.3, 0.4) is 0 Å². The van der Waals surface area contributed by atoms with Gasteiger partial charge in [-0.25, -0.2) is 0 Å². The summed E-state index contributed by atoms with van der Waals surface area (Å²) in [5.41, 5.74) is 0. The molecule has 0 heterocycles. The monoisotopic (exact) mass is 339 g/mol. The molecule has 0 spiro atoms. The van der Waals surface area contributed by atoms with Crippen molar-refractivity contribution in [2.75, 3.05) is 0 Å². The van der Waals surface area contributed by atoms with E-state index in [2.05, 4.69) is 48.5 Å². The second-order valence-corrected chi connectivity index (χ2v) is 4.50. The van der Waals surface area contributed by atoms with Crippen molar-refractivity contribution in [3.05, 3.63) is 78.9 Å². The zero-order chi connectivity index (χ0) is 13.9. The molecule has 0 radical (unpaired) electrons. The minimum atomic E-state index is -5.04. The van der Waals surface area contributed by atoms with Crippen LogP contribution >= 0.6 is 0 Å². The molecular formula is C15H12F3Zr-2. The van der Waals surface area contributed by atoms with Crippen molar-refractivity contribution < 1.29 is 31.5 Å². The topological polar surface area (TPSA) is 0 Å². The quantitative estimate of drug-likeness (QED) is 0.487. The van der Waals surface area contributed by atoms with Gasteiger partial charge in [-0.3, -0.25) is 0 Å². The normalized spacial score (nSPS) is 8.79. The zero-order valence-electron chi connectivity index (χ0n) is 10.1. The van der Waals surface area contributed by atoms with Crippen LogP contribution in [0.1, 0.15) is 0 Å². The van der Waals surface area contributed by atoms with Crippen molar-refractivity contribution in [3.63, 3.8) is 0 Å². The molecule has 0 aromatic heterocycles. The van der Waals surface area contributed by atoms with Gasteiger partial charge in [0.05, 0.1) is 0 Å². The molecule has 0 unspecified atom stereocenters. The molecule has 3 aromatic carbocycles. The number of fused-ring (bicyclic) bond motifs is 1. The molecule has 0 aliphatic heterocycles. The second-order valence-electron chi connectivity index (χ2n) is 3.45. The van der Waals surface area contributed by atoms with Crippen LogP contribution in [-0.2, 0) is 23.6 Å². The number of rotatable bonds is 0. The summed E-state index contributed by atoms with van der Waals surface area (Å²) in [5.74, 6) is 0. The van der Waals surface area contributed by atoms with Gasteiger partial charge in [0, 0.05) is 0 Å². The first-order valence-electron chi connectivity index (χ1n) is 5.55. The fourth-order valence-electron chi connectivity index (χ4n) is 1.41. The Kier molecular flexibility index (Phi) is 8.00. The molecule has 99 valence electrons. The first kappa shape index (κ1) is 15.8. The van der Waals surface area contributed by atoms with Crippen molar-refractivity contribution in [1.82, 2.24) is 0 Å². The van der Waals surface area contributed by atoms with E-state index in [1.165, 1.54) is 10.8 Å². The Morgan fingerprint density at radius 1 is 0.842 bits per heavy atom. The molecule has 0 saturated carbocycles. The van der Waals surface area contributed by atoms with Gasteiger partial charge in [-0.2, -0.15) is 53.9 Å². The van der Waals surface area contributed by atoms with E-state index in [-0.39, 0.29) is 0 Å². The van der Waals surface area contributed by atoms with Crippen LogP contribution < -0.4 is 0 Å². The molecule has 0 saturated heterocycles. The molecular weight excluding hydrogens is 328 g/mol. The molecule has 0 fully saturated rings. The average molecular weight is 340 g/mol. The van der Waals surface area contributed by atoms with Gasteiger partial charge in [0.25, 0.3) is 0 Å². The Morgan fingerprint density at radius 3 is 1.95 bits per heavy atom. The molecule has 0 bridgehead atoms. The van der Waals surface area contributed by atoms with Gasteiger partial charge >= 0.3 is 31.5 Å². The first-order chi connectivity index (χ1) is 9.20. The standard InChI is InChI=1S/C9H7.C6H5.3FH.Zr/c1-2-5-9-7-3-6-8(9)4-1;1-2-4-6-5-3-1;;;;/h1-7H;1-5H;3*1H;/q2*-1;;;;+3/p-3. The Labute approximate surface area is 121 Å². The molecule has 4 heteroatoms. The predicted octanol–water partition coefficient (Wildman–Crippen LogP) is 5.30. The molecule has 3 aromatic rings. The minimum Gasteiger partial charge on any atom is -0.184 e. The molecule has 19 heavy (non-hydrogen) atoms. The second kappa shape index (κ2) is 9.63. The number of hydrogen-bond donors (Lipinski definition) is 0. The van der Waals surface area contributed by atoms with Crippen LogP contribution in [0.5, 0.6) is 0 Å². The van der Waals surface area contributed by atoms with Gasteiger partial charge < -0.3 is 0 Å². The third kappa shape index (κ3) is 7.68. The van der Waals surface area contributed by atoms with Crippen LogP contribution in [0.25, 0.3) is 10.8 Å². The average Bonchev–Trinajstić information content (AvgIpc) is 2.89. The largest absolute Gasteiger partial charge is 0.184 e. The molecule has 3 rings (SSSR count). The Morgan fingerprint density at radius 2 is 1.47 bits per heavy atom. The van der Waals surface area contributed by atoms with E-state index >= 15 is 0 Å². The first-order valence-corrected chi connectivity index (χ1v) is 8.34. The fourth-order valence-corrected chi connectivity index (χ4v) is 1.41. The molecule has 0 aliphatic carbocycles. The van der Waals surface area contributed by atoms with E-state index < -0.39 is 23.6 Å². The van der Waals surface area contributed by atoms with Crippen LogP contribution in [-0.4, -0.2) is 0 Å². The fraction of sp³-hybridized carbons (Fsp3) is 0. The van der Waals surface area contributed by atoms with E-state index in [1.54, 1.807) is 0 Å². The van der Waals surface area contributed by atoms with Crippen LogP contribution in [0.2, 0.25) is 0 Å². The summed E-state index contributed by atoms with van der Waals surface area (Å²) in [4.78, 5) is 0. The summed E-state index contributed by atoms with van der Waals surface area (Å²) in [6.45, 7) is 0. The summed E-state index contributed by atoms with van der Waals surface area (Å²) in [6, 6.07) is 27.2. The van der Waals surface area contributed by atoms with E-state index in [0.29, 0.717) is 0 Å². The van der Waals surface area contributed by atoms with E-state index in [1.807, 2.05) is 30.3 Å². The Hall–Kier alpha value is -1.28. The van der Waals surface area contributed by atoms with Crippen molar-refractivity contribution in [2.24, 2.45) is 0 Å². The van der Waals surface area contributed by atoms with E-state index in [4.69, 9.17) is 0 Å². The smallest absolute Gasteiger partial charge is 0.0809 e. The van der Waals surface area contributed by atoms with Crippen LogP contribution in [0.4, 0.5) is 7.88 Å². The number of hydrogen-bond acceptors (Lipinski definition) is 0. The van der Waals surface area contributed by atoms with Crippen molar-refractivity contribution >= 4 is 10.8 Å². The Balaban J connectivity index is 0.000000158. The SMILES string of the molecule is [F][Zr]([F])[F].[c-]1ccccc1.c1ccc2[cH-]ccc2c1. The third-order valence-corrected chi connectivity index (χ3v) is 2.15. The molecule has 0 aliphatic rings. The summed E-state index contributed by atoms with van der Waals surface area (Å²) in [6.07, 6.45) is 0. The van der Waals surface area contributed by atoms with Gasteiger partial charge in [0.2, 0.25) is 0 Å². The zero-order valence-corrected chi connectivity index (χ0v) is 12.5. The maximum Gasteiger partial charge on any atom is -0.0809 e. The Bertz CT molecular complexity index is 490. The molecule has 0 amide bonds. The van der Waals surface area contributed by atoms with Gasteiger partial charge in [-0.05, 0) is 0 Å². The van der Waals surface area contributed by atoms with Crippen molar-refractivity contribution in [2.45, 2.75) is 0 Å². The summed E-state index contributed by atoms with van der Waals surface area (Å²) < 4.78 is 29.6. The summed E-state index contributed by atoms with van der Waals surface area (Å²) >= 11 is -5.04. The van der Waals surface area contributed by atoms with Crippen molar-refractivity contribution in [3.8, 4) is 0 Å². The third-order valence-electron chi connectivity index (χ3n) is 2.15. The van der Waals surface area contributed by atoms with Crippen LogP contribution in [0.15, 0.2) is 72.8 Å². The number of benzene rings is 2. The van der Waals surface area contributed by atoms with Crippen molar-refractivity contribution in [1.29, 1.82) is 0 Å². The van der Waals surface area contributed by atoms with Crippen LogP contribution in [0, 0.1) is 6.07 Å². The number of halogens is 3. The maximum absolute atomic E-state index is 9.86. The summed E-state index contributed by atoms with van der Waals surface area (Å²) in [7, 11) is 0. The van der Waals surface area contributed by atoms with Gasteiger partial charge in [-0.1, -0.05) is 6.07 Å². The minimum absolute atomic E-state index is 1.33. The van der Waals surface area contributed by atoms with E-state index in [9.17, 15) is 7.88 Å². The summed E-state index contributed by atoms with van der Waals surface area (Å²) in [5, 5.41) is 2.66. The van der Waals surface area contributed by atoms with Gasteiger partial charge in [0.1, 0.15) is 0 Å². The molecule has 0 atom stereocenters. The maximum atomic E-state index is 9.86. The molecule has 0 nitrogen and oxygen atoms in total. The van der Waals surface area contributed by atoms with Gasteiger partial charge in [-0.15, -0.1) is 29.7 Å². The van der Waals surface area contributed by atoms with E-state index in [0.717, 1.165) is 0 Å².